The molecule has 0 amide bonds. The van der Waals surface area contributed by atoms with Gasteiger partial charge < -0.3 is 0 Å². The van der Waals surface area contributed by atoms with Crippen LogP contribution in [0, 0.1) is 12.7 Å². The third-order valence-corrected chi connectivity index (χ3v) is 5.02. The van der Waals surface area contributed by atoms with Crippen LogP contribution in [0.2, 0.25) is 0 Å². The first-order chi connectivity index (χ1) is 11.5. The van der Waals surface area contributed by atoms with E-state index in [1.807, 2.05) is 6.92 Å². The van der Waals surface area contributed by atoms with Crippen LogP contribution in [0.4, 0.5) is 10.1 Å². The third kappa shape index (κ3) is 3.46. The van der Waals surface area contributed by atoms with Crippen molar-refractivity contribution < 1.29 is 12.8 Å². The molecule has 3 nitrogen and oxygen atoms in total. The van der Waals surface area contributed by atoms with Crippen molar-refractivity contribution in [1.82, 2.24) is 0 Å². The van der Waals surface area contributed by atoms with Crippen LogP contribution in [0.25, 0.3) is 11.1 Å². The van der Waals surface area contributed by atoms with Crippen molar-refractivity contribution in [2.75, 3.05) is 4.72 Å². The Labute approximate surface area is 140 Å². The highest BCUT2D eigenvalue weighted by molar-refractivity contribution is 7.92. The monoisotopic (exact) mass is 341 g/mol. The Bertz CT molecular complexity index is 967. The minimum absolute atomic E-state index is 0.183. The van der Waals surface area contributed by atoms with Gasteiger partial charge in [0.1, 0.15) is 5.82 Å². The van der Waals surface area contributed by atoms with Crippen LogP contribution < -0.4 is 4.72 Å². The maximum Gasteiger partial charge on any atom is 0.261 e. The van der Waals surface area contributed by atoms with E-state index in [4.69, 9.17) is 0 Å². The third-order valence-electron chi connectivity index (χ3n) is 3.64. The Morgan fingerprint density at radius 2 is 1.58 bits per heavy atom. The van der Waals surface area contributed by atoms with Gasteiger partial charge in [0.15, 0.2) is 0 Å². The van der Waals surface area contributed by atoms with E-state index in [0.29, 0.717) is 16.8 Å². The second-order valence-electron chi connectivity index (χ2n) is 5.47. The largest absolute Gasteiger partial charge is 0.279 e. The fourth-order valence-corrected chi connectivity index (χ4v) is 3.48. The molecule has 0 aliphatic rings. The molecule has 0 aromatic heterocycles. The Hall–Kier alpha value is -2.66. The van der Waals surface area contributed by atoms with Gasteiger partial charge in [-0.2, -0.15) is 0 Å². The highest BCUT2D eigenvalue weighted by atomic mass is 32.2. The molecule has 0 aliphatic heterocycles. The van der Waals surface area contributed by atoms with Gasteiger partial charge in [-0.1, -0.05) is 48.0 Å². The number of para-hydroxylation sites is 1. The predicted octanol–water partition coefficient (Wildman–Crippen LogP) is 4.60. The van der Waals surface area contributed by atoms with Crippen LogP contribution in [0.15, 0.2) is 77.7 Å². The molecule has 5 heteroatoms. The fraction of sp³-hybridized carbons (Fsp3) is 0.0526. The number of aryl methyl sites for hydroxylation is 1. The summed E-state index contributed by atoms with van der Waals surface area (Å²) in [7, 11) is -3.71. The van der Waals surface area contributed by atoms with Crippen LogP contribution in [-0.2, 0) is 10.0 Å². The van der Waals surface area contributed by atoms with E-state index in [-0.39, 0.29) is 10.7 Å². The van der Waals surface area contributed by atoms with Crippen LogP contribution >= 0.6 is 0 Å². The molecule has 0 saturated heterocycles. The van der Waals surface area contributed by atoms with Crippen LogP contribution in [-0.4, -0.2) is 8.42 Å². The van der Waals surface area contributed by atoms with Gasteiger partial charge in [-0.25, -0.2) is 12.8 Å². The van der Waals surface area contributed by atoms with Gasteiger partial charge in [-0.3, -0.25) is 4.72 Å². The molecule has 122 valence electrons. The molecule has 0 spiro atoms. The van der Waals surface area contributed by atoms with E-state index in [1.54, 1.807) is 60.7 Å². The Morgan fingerprint density at radius 3 is 2.29 bits per heavy atom. The van der Waals surface area contributed by atoms with Crippen molar-refractivity contribution >= 4 is 15.7 Å². The van der Waals surface area contributed by atoms with Gasteiger partial charge in [0.25, 0.3) is 10.0 Å². The van der Waals surface area contributed by atoms with E-state index in [2.05, 4.69) is 4.72 Å². The zero-order chi connectivity index (χ0) is 17.2. The highest BCUT2D eigenvalue weighted by Crippen LogP contribution is 2.30. The molecule has 0 fully saturated rings. The molecular weight excluding hydrogens is 325 g/mol. The van der Waals surface area contributed by atoms with Crippen LogP contribution in [0.3, 0.4) is 0 Å². The SMILES string of the molecule is Cc1ccc(S(=O)(=O)Nc2ccccc2-c2cccc(F)c2)cc1. The summed E-state index contributed by atoms with van der Waals surface area (Å²) in [5.74, 6) is -0.372. The summed E-state index contributed by atoms with van der Waals surface area (Å²) in [6.07, 6.45) is 0. The topological polar surface area (TPSA) is 46.2 Å². The highest BCUT2D eigenvalue weighted by Gasteiger charge is 2.16. The molecule has 0 aliphatic carbocycles. The Balaban J connectivity index is 2.00. The van der Waals surface area contributed by atoms with Gasteiger partial charge in [-0.15, -0.1) is 0 Å². The molecule has 0 radical (unpaired) electrons. The van der Waals surface area contributed by atoms with Crippen molar-refractivity contribution in [3.8, 4) is 11.1 Å². The number of hydrogen-bond donors (Lipinski definition) is 1. The molecule has 0 atom stereocenters. The number of nitrogens with one attached hydrogen (secondary N) is 1. The average molecular weight is 341 g/mol. The van der Waals surface area contributed by atoms with E-state index >= 15 is 0 Å². The van der Waals surface area contributed by atoms with Crippen molar-refractivity contribution in [3.05, 3.63) is 84.2 Å². The quantitative estimate of drug-likeness (QED) is 0.754. The van der Waals surface area contributed by atoms with Gasteiger partial charge in [0, 0.05) is 5.56 Å². The minimum atomic E-state index is -3.71. The van der Waals surface area contributed by atoms with E-state index in [9.17, 15) is 12.8 Å². The molecule has 3 aromatic rings. The first kappa shape index (κ1) is 16.2. The second kappa shape index (κ2) is 6.45. The Morgan fingerprint density at radius 1 is 0.875 bits per heavy atom. The summed E-state index contributed by atoms with van der Waals surface area (Å²) in [5, 5.41) is 0. The summed E-state index contributed by atoms with van der Waals surface area (Å²) >= 11 is 0. The number of rotatable bonds is 4. The number of halogens is 1. The van der Waals surface area contributed by atoms with E-state index in [1.165, 1.54) is 12.1 Å². The zero-order valence-electron chi connectivity index (χ0n) is 13.0. The molecular formula is C19H16FNO2S. The number of sulfonamides is 1. The number of anilines is 1. The van der Waals surface area contributed by atoms with Crippen LogP contribution in [0.1, 0.15) is 5.56 Å². The van der Waals surface area contributed by atoms with Crippen molar-refractivity contribution in [1.29, 1.82) is 0 Å². The fourth-order valence-electron chi connectivity index (χ4n) is 2.40. The van der Waals surface area contributed by atoms with Crippen molar-refractivity contribution in [3.63, 3.8) is 0 Å². The molecule has 3 aromatic carbocycles. The zero-order valence-corrected chi connectivity index (χ0v) is 13.8. The first-order valence-corrected chi connectivity index (χ1v) is 8.88. The number of benzene rings is 3. The smallest absolute Gasteiger partial charge is 0.261 e. The first-order valence-electron chi connectivity index (χ1n) is 7.40. The minimum Gasteiger partial charge on any atom is -0.279 e. The van der Waals surface area contributed by atoms with E-state index in [0.717, 1.165) is 5.56 Å². The summed E-state index contributed by atoms with van der Waals surface area (Å²) in [6, 6.07) is 19.6. The molecule has 0 heterocycles. The lowest BCUT2D eigenvalue weighted by molar-refractivity contribution is 0.601. The summed E-state index contributed by atoms with van der Waals surface area (Å²) in [4.78, 5) is 0.183. The molecule has 3 rings (SSSR count). The molecule has 0 unspecified atom stereocenters. The maximum atomic E-state index is 13.5. The van der Waals surface area contributed by atoms with Crippen molar-refractivity contribution in [2.24, 2.45) is 0 Å². The van der Waals surface area contributed by atoms with Gasteiger partial charge in [0.05, 0.1) is 10.6 Å². The van der Waals surface area contributed by atoms with E-state index < -0.39 is 10.0 Å². The maximum absolute atomic E-state index is 13.5. The lowest BCUT2D eigenvalue weighted by Crippen LogP contribution is -2.13. The molecule has 1 N–H and O–H groups in total. The molecule has 0 saturated carbocycles. The van der Waals surface area contributed by atoms with Crippen molar-refractivity contribution in [2.45, 2.75) is 11.8 Å². The van der Waals surface area contributed by atoms with Gasteiger partial charge in [0.2, 0.25) is 0 Å². The second-order valence-corrected chi connectivity index (χ2v) is 7.16. The Kier molecular flexibility index (Phi) is 4.36. The predicted molar refractivity (Wildman–Crippen MR) is 93.8 cm³/mol. The summed E-state index contributed by atoms with van der Waals surface area (Å²) < 4.78 is 41.2. The average Bonchev–Trinajstić information content (AvgIpc) is 2.55. The summed E-state index contributed by atoms with van der Waals surface area (Å²) in [6.45, 7) is 1.89. The summed E-state index contributed by atoms with van der Waals surface area (Å²) in [5.41, 5.74) is 2.61. The van der Waals surface area contributed by atoms with Gasteiger partial charge >= 0.3 is 0 Å². The normalized spacial score (nSPS) is 11.2. The standard InChI is InChI=1S/C19H16FNO2S/c1-14-9-11-17(12-10-14)24(22,23)21-19-8-3-2-7-18(19)15-5-4-6-16(20)13-15/h2-13,21H,1H3. The van der Waals surface area contributed by atoms with Gasteiger partial charge in [-0.05, 0) is 42.8 Å². The lowest BCUT2D eigenvalue weighted by Gasteiger charge is -2.13. The lowest BCUT2D eigenvalue weighted by atomic mass is 10.0. The number of hydrogen-bond acceptors (Lipinski definition) is 2. The van der Waals surface area contributed by atoms with Crippen LogP contribution in [0.5, 0.6) is 0 Å². The molecule has 0 bridgehead atoms. The molecule has 24 heavy (non-hydrogen) atoms.